The highest BCUT2D eigenvalue weighted by Gasteiger charge is 2.17. The molecule has 1 fully saturated rings. The summed E-state index contributed by atoms with van der Waals surface area (Å²) in [6, 6.07) is 6.12. The molecule has 2 aromatic heterocycles. The monoisotopic (exact) mass is 367 g/mol. The van der Waals surface area contributed by atoms with Crippen LogP contribution in [0, 0.1) is 0 Å². The van der Waals surface area contributed by atoms with Crippen LogP contribution in [0.2, 0.25) is 0 Å². The quantitative estimate of drug-likeness (QED) is 0.702. The molecular weight excluding hydrogens is 338 g/mol. The number of hydrogen-bond donors (Lipinski definition) is 0. The molecule has 6 heteroatoms. The number of nitrogens with zero attached hydrogens (tertiary/aromatic N) is 5. The van der Waals surface area contributed by atoms with Gasteiger partial charge < -0.3 is 9.64 Å². The molecule has 144 valence electrons. The van der Waals surface area contributed by atoms with E-state index in [0.717, 1.165) is 76.5 Å². The van der Waals surface area contributed by atoms with Gasteiger partial charge in [0.25, 0.3) is 0 Å². The maximum absolute atomic E-state index is 5.83. The Labute approximate surface area is 161 Å². The van der Waals surface area contributed by atoms with Gasteiger partial charge >= 0.3 is 0 Å². The largest absolute Gasteiger partial charge is 0.477 e. The van der Waals surface area contributed by atoms with Crippen molar-refractivity contribution in [1.29, 1.82) is 0 Å². The number of pyridine rings is 1. The Morgan fingerprint density at radius 2 is 1.78 bits per heavy atom. The van der Waals surface area contributed by atoms with Gasteiger partial charge in [-0.1, -0.05) is 6.07 Å². The molecule has 2 aliphatic rings. The van der Waals surface area contributed by atoms with Gasteiger partial charge in [0.2, 0.25) is 5.88 Å². The van der Waals surface area contributed by atoms with E-state index in [2.05, 4.69) is 36.9 Å². The van der Waals surface area contributed by atoms with Crippen molar-refractivity contribution in [3.05, 3.63) is 42.0 Å². The lowest BCUT2D eigenvalue weighted by Crippen LogP contribution is -2.46. The Balaban J connectivity index is 1.12. The lowest BCUT2D eigenvalue weighted by atomic mass is 10.0. The van der Waals surface area contributed by atoms with Crippen LogP contribution in [0.3, 0.4) is 0 Å². The molecule has 0 N–H and O–H groups in total. The molecule has 0 radical (unpaired) electrons. The second-order valence-electron chi connectivity index (χ2n) is 7.38. The van der Waals surface area contributed by atoms with E-state index in [1.165, 1.54) is 18.5 Å². The van der Waals surface area contributed by atoms with Crippen molar-refractivity contribution in [2.24, 2.45) is 0 Å². The van der Waals surface area contributed by atoms with E-state index in [-0.39, 0.29) is 0 Å². The summed E-state index contributed by atoms with van der Waals surface area (Å²) < 4.78 is 5.83. The zero-order chi connectivity index (χ0) is 18.3. The molecule has 6 nitrogen and oxygen atoms in total. The fourth-order valence-electron chi connectivity index (χ4n) is 3.85. The molecule has 3 heterocycles. The first-order valence-electron chi connectivity index (χ1n) is 10.2. The molecule has 0 aromatic carbocycles. The van der Waals surface area contributed by atoms with E-state index < -0.39 is 0 Å². The summed E-state index contributed by atoms with van der Waals surface area (Å²) in [5, 5.41) is 0. The van der Waals surface area contributed by atoms with Crippen molar-refractivity contribution in [2.45, 2.75) is 38.5 Å². The van der Waals surface area contributed by atoms with E-state index in [1.807, 2.05) is 12.3 Å². The van der Waals surface area contributed by atoms with Crippen LogP contribution < -0.4 is 9.64 Å². The Hall–Kier alpha value is -2.21. The molecule has 27 heavy (non-hydrogen) atoms. The summed E-state index contributed by atoms with van der Waals surface area (Å²) in [4.78, 5) is 18.5. The van der Waals surface area contributed by atoms with Gasteiger partial charge in [-0.3, -0.25) is 9.88 Å². The van der Waals surface area contributed by atoms with Crippen molar-refractivity contribution < 1.29 is 4.74 Å². The Morgan fingerprint density at radius 3 is 2.59 bits per heavy atom. The molecule has 0 spiro atoms. The van der Waals surface area contributed by atoms with Crippen LogP contribution in [0.15, 0.2) is 30.6 Å². The van der Waals surface area contributed by atoms with E-state index in [1.54, 1.807) is 6.20 Å². The second kappa shape index (κ2) is 9.13. The number of aryl methyl sites for hydroxylation is 2. The molecule has 1 aliphatic heterocycles. The average molecular weight is 367 g/mol. The number of rotatable bonds is 7. The zero-order valence-electron chi connectivity index (χ0n) is 16.0. The number of unbranched alkanes of at least 4 members (excludes halogenated alkanes) is 1. The van der Waals surface area contributed by atoms with Crippen LogP contribution in [-0.2, 0) is 12.8 Å². The van der Waals surface area contributed by atoms with Crippen LogP contribution in [0.4, 0.5) is 5.82 Å². The van der Waals surface area contributed by atoms with E-state index in [4.69, 9.17) is 4.74 Å². The first-order chi connectivity index (χ1) is 13.4. The molecule has 0 saturated carbocycles. The van der Waals surface area contributed by atoms with E-state index in [0.29, 0.717) is 5.88 Å². The second-order valence-corrected chi connectivity index (χ2v) is 7.38. The van der Waals surface area contributed by atoms with E-state index >= 15 is 0 Å². The van der Waals surface area contributed by atoms with Crippen molar-refractivity contribution >= 4 is 5.82 Å². The minimum atomic E-state index is 0.694. The smallest absolute Gasteiger partial charge is 0.232 e. The van der Waals surface area contributed by atoms with Crippen molar-refractivity contribution in [3.8, 4) is 5.88 Å². The van der Waals surface area contributed by atoms with Crippen molar-refractivity contribution in [2.75, 3.05) is 44.2 Å². The lowest BCUT2D eigenvalue weighted by molar-refractivity contribution is 0.235. The van der Waals surface area contributed by atoms with Crippen LogP contribution >= 0.6 is 0 Å². The number of ether oxygens (including phenoxy) is 1. The van der Waals surface area contributed by atoms with Crippen molar-refractivity contribution in [1.82, 2.24) is 19.9 Å². The molecule has 1 aliphatic carbocycles. The van der Waals surface area contributed by atoms with Crippen LogP contribution in [0.1, 0.15) is 37.1 Å². The number of anilines is 1. The van der Waals surface area contributed by atoms with Gasteiger partial charge in [0, 0.05) is 32.4 Å². The number of aromatic nitrogens is 3. The molecule has 1 saturated heterocycles. The van der Waals surface area contributed by atoms with Crippen LogP contribution in [-0.4, -0.2) is 59.2 Å². The number of hydrogen-bond acceptors (Lipinski definition) is 6. The van der Waals surface area contributed by atoms with Gasteiger partial charge in [-0.05, 0) is 57.2 Å². The normalized spacial score (nSPS) is 17.6. The van der Waals surface area contributed by atoms with Crippen LogP contribution in [0.25, 0.3) is 0 Å². The standard InChI is InChI=1S/C21H29N5O/c1-2-8-19-18(7-1)23-17-21(24-19)27-16-6-5-11-25-12-14-26(15-13-25)20-9-3-4-10-22-20/h3-4,9-10,17H,1-2,5-8,11-16H2. The predicted molar refractivity (Wildman–Crippen MR) is 106 cm³/mol. The van der Waals surface area contributed by atoms with Crippen molar-refractivity contribution in [3.63, 3.8) is 0 Å². The average Bonchev–Trinajstić information content (AvgIpc) is 2.74. The highest BCUT2D eigenvalue weighted by atomic mass is 16.5. The van der Waals surface area contributed by atoms with Gasteiger partial charge in [-0.25, -0.2) is 9.97 Å². The van der Waals surface area contributed by atoms with Crippen LogP contribution in [0.5, 0.6) is 5.88 Å². The van der Waals surface area contributed by atoms with Gasteiger partial charge in [0.05, 0.1) is 24.2 Å². The zero-order valence-corrected chi connectivity index (χ0v) is 16.0. The Morgan fingerprint density at radius 1 is 0.926 bits per heavy atom. The molecule has 2 aromatic rings. The summed E-state index contributed by atoms with van der Waals surface area (Å²) in [5.41, 5.74) is 2.31. The third kappa shape index (κ3) is 4.95. The molecule has 0 unspecified atom stereocenters. The maximum Gasteiger partial charge on any atom is 0.232 e. The van der Waals surface area contributed by atoms with Gasteiger partial charge in [0.1, 0.15) is 5.82 Å². The molecule has 4 rings (SSSR count). The summed E-state index contributed by atoms with van der Waals surface area (Å²) in [6.45, 7) is 6.18. The number of piperazine rings is 1. The number of fused-ring (bicyclic) bond motifs is 1. The minimum absolute atomic E-state index is 0.694. The SMILES string of the molecule is c1ccc(N2CCN(CCCCOc3cnc4c(n3)CCCC4)CC2)nc1. The van der Waals surface area contributed by atoms with Gasteiger partial charge in [-0.2, -0.15) is 0 Å². The fraction of sp³-hybridized carbons (Fsp3) is 0.571. The third-order valence-electron chi connectivity index (χ3n) is 5.45. The Bertz CT molecular complexity index is 716. The first kappa shape index (κ1) is 18.2. The summed E-state index contributed by atoms with van der Waals surface area (Å²) >= 11 is 0. The Kier molecular flexibility index (Phi) is 6.14. The first-order valence-corrected chi connectivity index (χ1v) is 10.2. The maximum atomic E-state index is 5.83. The summed E-state index contributed by atoms with van der Waals surface area (Å²) in [5.74, 6) is 1.79. The third-order valence-corrected chi connectivity index (χ3v) is 5.45. The lowest BCUT2D eigenvalue weighted by Gasteiger charge is -2.35. The van der Waals surface area contributed by atoms with Gasteiger partial charge in [0.15, 0.2) is 0 Å². The molecule has 0 atom stereocenters. The fourth-order valence-corrected chi connectivity index (χ4v) is 3.85. The van der Waals surface area contributed by atoms with E-state index in [9.17, 15) is 0 Å². The molecule has 0 amide bonds. The van der Waals surface area contributed by atoms with Gasteiger partial charge in [-0.15, -0.1) is 0 Å². The molecular formula is C21H29N5O. The highest BCUT2D eigenvalue weighted by molar-refractivity contribution is 5.38. The highest BCUT2D eigenvalue weighted by Crippen LogP contribution is 2.19. The topological polar surface area (TPSA) is 54.4 Å². The minimum Gasteiger partial charge on any atom is -0.477 e. The molecule has 0 bridgehead atoms. The summed E-state index contributed by atoms with van der Waals surface area (Å²) in [6.07, 6.45) is 10.4. The predicted octanol–water partition coefficient (Wildman–Crippen LogP) is 2.73. The summed E-state index contributed by atoms with van der Waals surface area (Å²) in [7, 11) is 0.